The molecule has 0 aromatic heterocycles. The molecular formula is C6H5F9O. The van der Waals surface area contributed by atoms with E-state index >= 15 is 0 Å². The van der Waals surface area contributed by atoms with E-state index in [-0.39, 0.29) is 0 Å². The van der Waals surface area contributed by atoms with Gasteiger partial charge in [-0.1, -0.05) is 0 Å². The Balaban J connectivity index is 4.49. The Hall–Kier alpha value is -0.670. The average molecular weight is 264 g/mol. The van der Waals surface area contributed by atoms with Gasteiger partial charge in [0.05, 0.1) is 13.0 Å². The second-order valence-electron chi connectivity index (χ2n) is 2.66. The molecule has 0 radical (unpaired) electrons. The van der Waals surface area contributed by atoms with Crippen LogP contribution >= 0.6 is 0 Å². The van der Waals surface area contributed by atoms with E-state index in [4.69, 9.17) is 0 Å². The molecule has 0 saturated heterocycles. The zero-order valence-corrected chi connectivity index (χ0v) is 7.30. The molecule has 10 heteroatoms. The molecule has 0 amide bonds. The first-order valence-corrected chi connectivity index (χ1v) is 3.64. The topological polar surface area (TPSA) is 9.23 Å². The molecule has 0 fully saturated rings. The molecule has 0 saturated carbocycles. The van der Waals surface area contributed by atoms with Crippen molar-refractivity contribution in [2.75, 3.05) is 6.61 Å². The van der Waals surface area contributed by atoms with E-state index in [0.29, 0.717) is 0 Å². The predicted octanol–water partition coefficient (Wildman–Crippen LogP) is 3.45. The summed E-state index contributed by atoms with van der Waals surface area (Å²) in [5.74, 6) is -5.38. The predicted molar refractivity (Wildman–Crippen MR) is 32.5 cm³/mol. The van der Waals surface area contributed by atoms with Gasteiger partial charge in [0.15, 0.2) is 0 Å². The van der Waals surface area contributed by atoms with Gasteiger partial charge in [0, 0.05) is 0 Å². The second-order valence-corrected chi connectivity index (χ2v) is 2.66. The van der Waals surface area contributed by atoms with Crippen LogP contribution in [0.1, 0.15) is 6.42 Å². The Morgan fingerprint density at radius 2 is 1.31 bits per heavy atom. The maximum Gasteiger partial charge on any atom is 0.454 e. The van der Waals surface area contributed by atoms with Crippen LogP contribution in [0.5, 0.6) is 0 Å². The summed E-state index contributed by atoms with van der Waals surface area (Å²) in [7, 11) is 0. The summed E-state index contributed by atoms with van der Waals surface area (Å²) in [6.45, 7) is -1.84. The lowest BCUT2D eigenvalue weighted by molar-refractivity contribution is -0.372. The van der Waals surface area contributed by atoms with Crippen LogP contribution in [-0.4, -0.2) is 31.2 Å². The minimum atomic E-state index is -6.10. The van der Waals surface area contributed by atoms with Crippen LogP contribution in [0.4, 0.5) is 39.5 Å². The number of ether oxygens (including phenoxy) is 1. The van der Waals surface area contributed by atoms with Gasteiger partial charge in [-0.2, -0.15) is 30.7 Å². The largest absolute Gasteiger partial charge is 0.454 e. The fourth-order valence-corrected chi connectivity index (χ4v) is 0.584. The van der Waals surface area contributed by atoms with Crippen molar-refractivity contribution < 1.29 is 44.3 Å². The van der Waals surface area contributed by atoms with Crippen molar-refractivity contribution in [3.05, 3.63) is 0 Å². The fraction of sp³-hybridized carbons (Fsp3) is 1.00. The van der Waals surface area contributed by atoms with Gasteiger partial charge in [-0.05, 0) is 0 Å². The highest BCUT2D eigenvalue weighted by molar-refractivity contribution is 4.80. The van der Waals surface area contributed by atoms with Crippen molar-refractivity contribution in [2.45, 2.75) is 31.1 Å². The van der Waals surface area contributed by atoms with Gasteiger partial charge in [0.2, 0.25) is 0 Å². The van der Waals surface area contributed by atoms with E-state index in [9.17, 15) is 39.5 Å². The Morgan fingerprint density at radius 1 is 0.875 bits per heavy atom. The molecule has 98 valence electrons. The molecule has 0 aliphatic carbocycles. The Labute approximate surface area is 83.2 Å². The van der Waals surface area contributed by atoms with Crippen molar-refractivity contribution in [2.24, 2.45) is 0 Å². The molecule has 1 unspecified atom stereocenters. The Bertz CT molecular complexity index is 219. The van der Waals surface area contributed by atoms with Gasteiger partial charge in [0.25, 0.3) is 0 Å². The lowest BCUT2D eigenvalue weighted by Gasteiger charge is -2.26. The molecule has 0 aromatic rings. The molecule has 0 aliphatic heterocycles. The van der Waals surface area contributed by atoms with Gasteiger partial charge in [-0.25, -0.2) is 8.78 Å². The third-order valence-corrected chi connectivity index (χ3v) is 1.36. The van der Waals surface area contributed by atoms with Gasteiger partial charge in [-0.15, -0.1) is 0 Å². The van der Waals surface area contributed by atoms with E-state index in [1.807, 2.05) is 0 Å². The first kappa shape index (κ1) is 15.3. The smallest absolute Gasteiger partial charge is 0.334 e. The van der Waals surface area contributed by atoms with E-state index in [1.165, 1.54) is 0 Å². The summed E-state index contributed by atoms with van der Waals surface area (Å²) in [6, 6.07) is 0. The first-order valence-electron chi connectivity index (χ1n) is 3.64. The molecule has 1 nitrogen and oxygen atoms in total. The number of halogens is 9. The standard InChI is InChI=1S/C6H5F9O/c7-3(8)5(12,6(13,14)15)16-2-1-4(9,10)11/h3H,1-2H2. The first-order chi connectivity index (χ1) is 6.90. The minimum absolute atomic E-state index is 1.84. The molecule has 0 heterocycles. The lowest BCUT2D eigenvalue weighted by Crippen LogP contribution is -2.50. The zero-order valence-electron chi connectivity index (χ0n) is 7.30. The normalized spacial score (nSPS) is 17.6. The SMILES string of the molecule is FC(F)C(F)(OCCC(F)(F)F)C(F)(F)F. The van der Waals surface area contributed by atoms with Crippen LogP contribution in [0, 0.1) is 0 Å². The molecule has 0 bridgehead atoms. The zero-order chi connectivity index (χ0) is 13.2. The average Bonchev–Trinajstić information content (AvgIpc) is 1.98. The van der Waals surface area contributed by atoms with Gasteiger partial charge in [0.1, 0.15) is 0 Å². The lowest BCUT2D eigenvalue weighted by atomic mass is 10.3. The highest BCUT2D eigenvalue weighted by Crippen LogP contribution is 2.40. The summed E-state index contributed by atoms with van der Waals surface area (Å²) in [5, 5.41) is 0. The fourth-order valence-electron chi connectivity index (χ4n) is 0.584. The summed E-state index contributed by atoms with van der Waals surface area (Å²) in [5.41, 5.74) is 0. The molecule has 1 atom stereocenters. The highest BCUT2D eigenvalue weighted by Gasteiger charge is 2.64. The number of hydrogen-bond acceptors (Lipinski definition) is 1. The number of alkyl halides is 9. The van der Waals surface area contributed by atoms with Crippen molar-refractivity contribution in [3.63, 3.8) is 0 Å². The maximum absolute atomic E-state index is 12.5. The van der Waals surface area contributed by atoms with Crippen molar-refractivity contribution in [3.8, 4) is 0 Å². The molecule has 16 heavy (non-hydrogen) atoms. The maximum atomic E-state index is 12.5. The number of rotatable bonds is 4. The van der Waals surface area contributed by atoms with E-state index in [1.54, 1.807) is 0 Å². The van der Waals surface area contributed by atoms with E-state index in [0.717, 1.165) is 0 Å². The third-order valence-electron chi connectivity index (χ3n) is 1.36. The summed E-state index contributed by atoms with van der Waals surface area (Å²) in [4.78, 5) is 0. The second kappa shape index (κ2) is 4.68. The molecule has 0 spiro atoms. The number of hydrogen-bond donors (Lipinski definition) is 0. The summed E-state index contributed by atoms with van der Waals surface area (Å²) in [6.07, 6.45) is -17.6. The van der Waals surface area contributed by atoms with Crippen LogP contribution in [0.25, 0.3) is 0 Å². The molecular weight excluding hydrogens is 259 g/mol. The van der Waals surface area contributed by atoms with Gasteiger partial charge in [-0.3, -0.25) is 0 Å². The minimum Gasteiger partial charge on any atom is -0.334 e. The molecule has 0 rings (SSSR count). The van der Waals surface area contributed by atoms with E-state index < -0.39 is 37.7 Å². The molecule has 0 N–H and O–H groups in total. The molecule has 0 aliphatic rings. The van der Waals surface area contributed by atoms with Crippen molar-refractivity contribution in [1.82, 2.24) is 0 Å². The van der Waals surface area contributed by atoms with E-state index in [2.05, 4.69) is 4.74 Å². The Morgan fingerprint density at radius 3 is 1.56 bits per heavy atom. The monoisotopic (exact) mass is 264 g/mol. The van der Waals surface area contributed by atoms with Crippen LogP contribution in [-0.2, 0) is 4.74 Å². The summed E-state index contributed by atoms with van der Waals surface area (Å²) >= 11 is 0. The Kier molecular flexibility index (Phi) is 4.48. The highest BCUT2D eigenvalue weighted by atomic mass is 19.4. The van der Waals surface area contributed by atoms with Crippen LogP contribution in [0.3, 0.4) is 0 Å². The van der Waals surface area contributed by atoms with Crippen molar-refractivity contribution in [1.29, 1.82) is 0 Å². The van der Waals surface area contributed by atoms with Gasteiger partial charge >= 0.3 is 24.6 Å². The van der Waals surface area contributed by atoms with Gasteiger partial charge < -0.3 is 4.74 Å². The van der Waals surface area contributed by atoms with Crippen LogP contribution < -0.4 is 0 Å². The third kappa shape index (κ3) is 4.06. The van der Waals surface area contributed by atoms with Crippen LogP contribution in [0.2, 0.25) is 0 Å². The quantitative estimate of drug-likeness (QED) is 0.706. The molecule has 0 aromatic carbocycles. The van der Waals surface area contributed by atoms with Crippen molar-refractivity contribution >= 4 is 0 Å². The van der Waals surface area contributed by atoms with Crippen LogP contribution in [0.15, 0.2) is 0 Å². The summed E-state index contributed by atoms with van der Waals surface area (Å²) < 4.78 is 108.